The van der Waals surface area contributed by atoms with E-state index in [-0.39, 0.29) is 6.03 Å². The summed E-state index contributed by atoms with van der Waals surface area (Å²) in [7, 11) is 1.33. The number of rotatable bonds is 4. The standard InChI is InChI=1S/C15H15N3O3S2/c1-9-12(14(19)21-2)13(11-7-22-8-16-11)17-15(20)18(9)6-10-4-3-5-23-10/h3-5,7-8,13H,6H2,1-2H3,(H,17,20)/t13-/m1/s1. The van der Waals surface area contributed by atoms with Crippen molar-refractivity contribution in [3.63, 3.8) is 0 Å². The third-order valence-electron chi connectivity index (χ3n) is 3.64. The van der Waals surface area contributed by atoms with E-state index in [1.54, 1.807) is 28.7 Å². The highest BCUT2D eigenvalue weighted by molar-refractivity contribution is 7.09. The molecule has 0 spiro atoms. The lowest BCUT2D eigenvalue weighted by Crippen LogP contribution is -2.47. The molecule has 8 heteroatoms. The fourth-order valence-corrected chi connectivity index (χ4v) is 3.76. The Balaban J connectivity index is 2.01. The van der Waals surface area contributed by atoms with Crippen LogP contribution in [0.1, 0.15) is 23.5 Å². The number of ether oxygens (including phenoxy) is 1. The molecule has 0 saturated carbocycles. The van der Waals surface area contributed by atoms with Crippen molar-refractivity contribution in [1.82, 2.24) is 15.2 Å². The number of carbonyl (C=O) groups excluding carboxylic acids is 2. The highest BCUT2D eigenvalue weighted by Crippen LogP contribution is 2.32. The predicted octanol–water partition coefficient (Wildman–Crippen LogP) is 2.92. The summed E-state index contributed by atoms with van der Waals surface area (Å²) < 4.78 is 4.91. The van der Waals surface area contributed by atoms with E-state index in [4.69, 9.17) is 4.74 Å². The molecule has 120 valence electrons. The van der Waals surface area contributed by atoms with E-state index >= 15 is 0 Å². The zero-order chi connectivity index (χ0) is 16.4. The van der Waals surface area contributed by atoms with Gasteiger partial charge in [-0.1, -0.05) is 6.07 Å². The molecule has 0 aromatic carbocycles. The number of thiophene rings is 1. The second kappa shape index (κ2) is 6.51. The number of esters is 1. The van der Waals surface area contributed by atoms with Gasteiger partial charge >= 0.3 is 12.0 Å². The van der Waals surface area contributed by atoms with Gasteiger partial charge in [-0.2, -0.15) is 0 Å². The van der Waals surface area contributed by atoms with Gasteiger partial charge in [-0.25, -0.2) is 14.6 Å². The molecule has 23 heavy (non-hydrogen) atoms. The lowest BCUT2D eigenvalue weighted by Gasteiger charge is -2.34. The zero-order valence-electron chi connectivity index (χ0n) is 12.6. The van der Waals surface area contributed by atoms with Gasteiger partial charge in [0.2, 0.25) is 0 Å². The van der Waals surface area contributed by atoms with E-state index in [0.717, 1.165) is 4.88 Å². The number of nitrogens with one attached hydrogen (secondary N) is 1. The molecule has 6 nitrogen and oxygen atoms in total. The van der Waals surface area contributed by atoms with Crippen LogP contribution in [-0.4, -0.2) is 29.0 Å². The number of aromatic nitrogens is 1. The largest absolute Gasteiger partial charge is 0.466 e. The normalized spacial score (nSPS) is 18.1. The van der Waals surface area contributed by atoms with Crippen LogP contribution in [0.4, 0.5) is 4.79 Å². The van der Waals surface area contributed by atoms with Gasteiger partial charge in [0.1, 0.15) is 6.04 Å². The van der Waals surface area contributed by atoms with Crippen molar-refractivity contribution in [3.8, 4) is 0 Å². The van der Waals surface area contributed by atoms with Crippen LogP contribution in [0.25, 0.3) is 0 Å². The average molecular weight is 349 g/mol. The van der Waals surface area contributed by atoms with E-state index < -0.39 is 12.0 Å². The number of methoxy groups -OCH3 is 1. The molecule has 0 bridgehead atoms. The number of carbonyl (C=O) groups is 2. The van der Waals surface area contributed by atoms with Crippen LogP contribution in [0, 0.1) is 0 Å². The number of amides is 2. The zero-order valence-corrected chi connectivity index (χ0v) is 14.2. The van der Waals surface area contributed by atoms with Crippen molar-refractivity contribution in [2.24, 2.45) is 0 Å². The lowest BCUT2D eigenvalue weighted by molar-refractivity contribution is -0.136. The predicted molar refractivity (Wildman–Crippen MR) is 88.0 cm³/mol. The van der Waals surface area contributed by atoms with Gasteiger partial charge in [0.25, 0.3) is 0 Å². The van der Waals surface area contributed by atoms with Crippen molar-refractivity contribution in [3.05, 3.63) is 50.2 Å². The summed E-state index contributed by atoms with van der Waals surface area (Å²) in [5.74, 6) is -0.461. The van der Waals surface area contributed by atoms with Gasteiger partial charge in [-0.15, -0.1) is 22.7 Å². The Bertz CT molecular complexity index is 738. The number of hydrogen-bond acceptors (Lipinski definition) is 6. The quantitative estimate of drug-likeness (QED) is 0.862. The first-order valence-corrected chi connectivity index (χ1v) is 8.71. The van der Waals surface area contributed by atoms with Gasteiger partial charge < -0.3 is 10.1 Å². The van der Waals surface area contributed by atoms with Crippen molar-refractivity contribution in [2.75, 3.05) is 7.11 Å². The van der Waals surface area contributed by atoms with Crippen molar-refractivity contribution < 1.29 is 14.3 Å². The third-order valence-corrected chi connectivity index (χ3v) is 5.11. The van der Waals surface area contributed by atoms with Crippen LogP contribution in [0.15, 0.2) is 39.7 Å². The van der Waals surface area contributed by atoms with Gasteiger partial charge in [0, 0.05) is 16.0 Å². The smallest absolute Gasteiger partial charge is 0.338 e. The molecule has 0 saturated heterocycles. The Morgan fingerprint density at radius 2 is 2.35 bits per heavy atom. The maximum atomic E-state index is 12.5. The van der Waals surface area contributed by atoms with Crippen molar-refractivity contribution >= 4 is 34.7 Å². The van der Waals surface area contributed by atoms with Gasteiger partial charge in [-0.3, -0.25) is 4.90 Å². The minimum absolute atomic E-state index is 0.249. The summed E-state index contributed by atoms with van der Waals surface area (Å²) in [6, 6.07) is 3.05. The maximum absolute atomic E-state index is 12.5. The van der Waals surface area contributed by atoms with Crippen LogP contribution < -0.4 is 5.32 Å². The fraction of sp³-hybridized carbons (Fsp3) is 0.267. The SMILES string of the molecule is COC(=O)C1=C(C)N(Cc2cccs2)C(=O)N[C@@H]1c1cscn1. The van der Waals surface area contributed by atoms with Crippen LogP contribution >= 0.6 is 22.7 Å². The maximum Gasteiger partial charge on any atom is 0.338 e. The fourth-order valence-electron chi connectivity index (χ4n) is 2.49. The first-order valence-electron chi connectivity index (χ1n) is 6.89. The minimum Gasteiger partial charge on any atom is -0.466 e. The van der Waals surface area contributed by atoms with E-state index in [0.29, 0.717) is 23.5 Å². The molecule has 2 aromatic heterocycles. The van der Waals surface area contributed by atoms with Crippen molar-refractivity contribution in [2.45, 2.75) is 19.5 Å². The highest BCUT2D eigenvalue weighted by Gasteiger charge is 2.37. The van der Waals surface area contributed by atoms with E-state index in [2.05, 4.69) is 10.3 Å². The second-order valence-electron chi connectivity index (χ2n) is 4.95. The topological polar surface area (TPSA) is 71.5 Å². The first kappa shape index (κ1) is 15.7. The molecule has 0 radical (unpaired) electrons. The van der Waals surface area contributed by atoms with E-state index in [9.17, 15) is 9.59 Å². The molecule has 1 aliphatic rings. The number of thiazole rings is 1. The molecule has 3 rings (SSSR count). The molecule has 1 atom stereocenters. The number of allylic oxidation sites excluding steroid dienone is 1. The first-order chi connectivity index (χ1) is 11.1. The van der Waals surface area contributed by atoms with Crippen LogP contribution in [0.5, 0.6) is 0 Å². The van der Waals surface area contributed by atoms with Gasteiger partial charge in [-0.05, 0) is 18.4 Å². The summed E-state index contributed by atoms with van der Waals surface area (Å²) in [6.45, 7) is 2.18. The summed E-state index contributed by atoms with van der Waals surface area (Å²) >= 11 is 2.98. The number of hydrogen-bond donors (Lipinski definition) is 1. The summed E-state index contributed by atoms with van der Waals surface area (Å²) in [5, 5.41) is 6.62. The second-order valence-corrected chi connectivity index (χ2v) is 6.70. The van der Waals surface area contributed by atoms with Crippen LogP contribution in [-0.2, 0) is 16.1 Å². The average Bonchev–Trinajstić information content (AvgIpc) is 3.23. The molecule has 0 aliphatic carbocycles. The lowest BCUT2D eigenvalue weighted by atomic mass is 9.99. The third kappa shape index (κ3) is 2.99. The monoisotopic (exact) mass is 349 g/mol. The Labute approximate surface area is 141 Å². The minimum atomic E-state index is -0.583. The summed E-state index contributed by atoms with van der Waals surface area (Å²) in [4.78, 5) is 31.6. The van der Waals surface area contributed by atoms with E-state index in [1.807, 2.05) is 22.9 Å². The molecule has 3 heterocycles. The molecule has 2 aromatic rings. The summed E-state index contributed by atoms with van der Waals surface area (Å²) in [6.07, 6.45) is 0. The van der Waals surface area contributed by atoms with Crippen molar-refractivity contribution in [1.29, 1.82) is 0 Å². The molecule has 2 amide bonds. The Kier molecular flexibility index (Phi) is 4.44. The van der Waals surface area contributed by atoms with Crippen LogP contribution in [0.3, 0.4) is 0 Å². The molecule has 1 aliphatic heterocycles. The Hall–Kier alpha value is -2.19. The molecule has 1 N–H and O–H groups in total. The Morgan fingerprint density at radius 3 is 2.96 bits per heavy atom. The molecular weight excluding hydrogens is 334 g/mol. The molecule has 0 fully saturated rings. The highest BCUT2D eigenvalue weighted by atomic mass is 32.1. The van der Waals surface area contributed by atoms with Crippen LogP contribution in [0.2, 0.25) is 0 Å². The number of urea groups is 1. The molecule has 0 unspecified atom stereocenters. The van der Waals surface area contributed by atoms with Gasteiger partial charge in [0.05, 0.1) is 30.4 Å². The summed E-state index contributed by atoms with van der Waals surface area (Å²) in [5.41, 5.74) is 3.31. The Morgan fingerprint density at radius 1 is 1.52 bits per heavy atom. The van der Waals surface area contributed by atoms with Gasteiger partial charge in [0.15, 0.2) is 0 Å². The van der Waals surface area contributed by atoms with E-state index in [1.165, 1.54) is 18.4 Å². The molecular formula is C15H15N3O3S2. The number of nitrogens with zero attached hydrogens (tertiary/aromatic N) is 2.